The normalized spacial score (nSPS) is 19.2. The molecule has 1 fully saturated rings. The summed E-state index contributed by atoms with van der Waals surface area (Å²) in [6.07, 6.45) is 2.60. The third-order valence-corrected chi connectivity index (χ3v) is 3.77. The molecule has 0 aliphatic heterocycles. The number of hydrogen-bond acceptors (Lipinski definition) is 0. The van der Waals surface area contributed by atoms with Crippen LogP contribution in [0.25, 0.3) is 0 Å². The van der Waals surface area contributed by atoms with E-state index in [4.69, 9.17) is 0 Å². The van der Waals surface area contributed by atoms with Gasteiger partial charge in [-0.3, -0.25) is 0 Å². The van der Waals surface area contributed by atoms with Gasteiger partial charge in [0.15, 0.2) is 0 Å². The SMILES string of the molecule is Fc1cccc([C@@H]([As])C2CC2)c1. The molecule has 12 heavy (non-hydrogen) atoms. The molecular weight excluding hydrogens is 214 g/mol. The monoisotopic (exact) mass is 224 g/mol. The van der Waals surface area contributed by atoms with Crippen molar-refractivity contribution >= 4 is 16.9 Å². The summed E-state index contributed by atoms with van der Waals surface area (Å²) in [6, 6.07) is 6.93. The van der Waals surface area contributed by atoms with E-state index in [1.807, 2.05) is 6.07 Å². The van der Waals surface area contributed by atoms with Crippen LogP contribution in [0, 0.1) is 11.7 Å². The van der Waals surface area contributed by atoms with E-state index in [1.165, 1.54) is 18.9 Å². The maximum absolute atomic E-state index is 12.8. The molecule has 1 aromatic rings. The van der Waals surface area contributed by atoms with Crippen LogP contribution < -0.4 is 0 Å². The summed E-state index contributed by atoms with van der Waals surface area (Å²) in [7, 11) is 0. The summed E-state index contributed by atoms with van der Waals surface area (Å²) >= 11 is 2.65. The van der Waals surface area contributed by atoms with Gasteiger partial charge in [0.2, 0.25) is 0 Å². The minimum atomic E-state index is -0.121. The number of hydrogen-bond donors (Lipinski definition) is 0. The topological polar surface area (TPSA) is 0 Å². The molecule has 2 rings (SSSR count). The molecule has 0 bridgehead atoms. The third kappa shape index (κ3) is 1.72. The average Bonchev–Trinajstić information content (AvgIpc) is 2.85. The standard InChI is InChI=1S/C10H10AsF/c11-10(7-4-5-7)8-2-1-3-9(12)6-8/h1-3,6-7,10H,4-5H2/t10-/m0/s1. The van der Waals surface area contributed by atoms with E-state index in [0.717, 1.165) is 11.5 Å². The zero-order valence-electron chi connectivity index (χ0n) is 6.70. The van der Waals surface area contributed by atoms with Gasteiger partial charge in [-0.15, -0.1) is 0 Å². The van der Waals surface area contributed by atoms with Gasteiger partial charge >= 0.3 is 80.4 Å². The summed E-state index contributed by atoms with van der Waals surface area (Å²) in [5, 5.41) is 0. The van der Waals surface area contributed by atoms with Gasteiger partial charge in [-0.2, -0.15) is 0 Å². The van der Waals surface area contributed by atoms with Gasteiger partial charge in [0.25, 0.3) is 0 Å². The van der Waals surface area contributed by atoms with E-state index in [0.29, 0.717) is 4.71 Å². The first-order chi connectivity index (χ1) is 5.77. The summed E-state index contributed by atoms with van der Waals surface area (Å²) < 4.78 is 13.3. The second kappa shape index (κ2) is 3.22. The quantitative estimate of drug-likeness (QED) is 0.677. The van der Waals surface area contributed by atoms with Gasteiger partial charge in [0.05, 0.1) is 0 Å². The van der Waals surface area contributed by atoms with Crippen molar-refractivity contribution in [3.05, 3.63) is 35.6 Å². The average molecular weight is 224 g/mol. The summed E-state index contributed by atoms with van der Waals surface area (Å²) in [5.74, 6) is 0.663. The van der Waals surface area contributed by atoms with Crippen molar-refractivity contribution in [3.8, 4) is 0 Å². The van der Waals surface area contributed by atoms with E-state index < -0.39 is 0 Å². The van der Waals surface area contributed by atoms with Crippen LogP contribution in [0.1, 0.15) is 23.1 Å². The summed E-state index contributed by atoms with van der Waals surface area (Å²) in [6.45, 7) is 0. The first-order valence-electron chi connectivity index (χ1n) is 4.21. The van der Waals surface area contributed by atoms with Crippen LogP contribution in [0.2, 0.25) is 0 Å². The summed E-state index contributed by atoms with van der Waals surface area (Å²) in [4.78, 5) is 0. The molecule has 2 heteroatoms. The van der Waals surface area contributed by atoms with E-state index in [-0.39, 0.29) is 5.82 Å². The van der Waals surface area contributed by atoms with Crippen molar-refractivity contribution < 1.29 is 4.39 Å². The number of rotatable bonds is 2. The third-order valence-electron chi connectivity index (χ3n) is 2.26. The van der Waals surface area contributed by atoms with Crippen molar-refractivity contribution in [1.82, 2.24) is 0 Å². The molecule has 1 aliphatic rings. The number of halogens is 1. The van der Waals surface area contributed by atoms with Gasteiger partial charge in [0.1, 0.15) is 0 Å². The van der Waals surface area contributed by atoms with Gasteiger partial charge in [-0.25, -0.2) is 0 Å². The van der Waals surface area contributed by atoms with Crippen LogP contribution in [-0.4, -0.2) is 16.9 Å². The molecule has 0 saturated heterocycles. The predicted octanol–water partition coefficient (Wildman–Crippen LogP) is 2.45. The van der Waals surface area contributed by atoms with Crippen molar-refractivity contribution in [2.75, 3.05) is 0 Å². The fourth-order valence-electron chi connectivity index (χ4n) is 1.37. The molecule has 0 amide bonds. The summed E-state index contributed by atoms with van der Waals surface area (Å²) in [5.41, 5.74) is 1.12. The van der Waals surface area contributed by atoms with E-state index in [2.05, 4.69) is 16.9 Å². The molecule has 0 aromatic heterocycles. The van der Waals surface area contributed by atoms with E-state index >= 15 is 0 Å². The van der Waals surface area contributed by atoms with Crippen LogP contribution in [0.15, 0.2) is 24.3 Å². The van der Waals surface area contributed by atoms with Crippen LogP contribution >= 0.6 is 0 Å². The molecule has 0 heterocycles. The van der Waals surface area contributed by atoms with Crippen LogP contribution in [0.5, 0.6) is 0 Å². The van der Waals surface area contributed by atoms with Crippen LogP contribution in [0.4, 0.5) is 4.39 Å². The fraction of sp³-hybridized carbons (Fsp3) is 0.400. The molecule has 1 atom stereocenters. The Kier molecular flexibility index (Phi) is 2.23. The Balaban J connectivity index is 2.20. The molecule has 62 valence electrons. The second-order valence-electron chi connectivity index (χ2n) is 3.34. The molecular formula is C10H10AsF. The first-order valence-corrected chi connectivity index (χ1v) is 5.29. The molecule has 0 nitrogen and oxygen atoms in total. The molecule has 0 N–H and O–H groups in total. The Labute approximate surface area is 80.7 Å². The molecule has 1 aromatic carbocycles. The zero-order chi connectivity index (χ0) is 8.55. The molecule has 0 spiro atoms. The Morgan fingerprint density at radius 3 is 2.75 bits per heavy atom. The molecule has 2 radical (unpaired) electrons. The molecule has 0 unspecified atom stereocenters. The van der Waals surface area contributed by atoms with Gasteiger partial charge in [-0.1, -0.05) is 0 Å². The maximum atomic E-state index is 12.8. The Morgan fingerprint density at radius 1 is 1.42 bits per heavy atom. The van der Waals surface area contributed by atoms with Crippen LogP contribution in [-0.2, 0) is 0 Å². The van der Waals surface area contributed by atoms with Crippen LogP contribution in [0.3, 0.4) is 0 Å². The van der Waals surface area contributed by atoms with Crippen molar-refractivity contribution in [1.29, 1.82) is 0 Å². The van der Waals surface area contributed by atoms with Crippen molar-refractivity contribution in [2.24, 2.45) is 5.92 Å². The molecule has 1 saturated carbocycles. The minimum absolute atomic E-state index is 0.121. The van der Waals surface area contributed by atoms with E-state index in [1.54, 1.807) is 12.1 Å². The van der Waals surface area contributed by atoms with Crippen molar-refractivity contribution in [2.45, 2.75) is 17.5 Å². The van der Waals surface area contributed by atoms with Gasteiger partial charge in [0, 0.05) is 0 Å². The second-order valence-corrected chi connectivity index (χ2v) is 4.50. The zero-order valence-corrected chi connectivity index (χ0v) is 8.58. The number of benzene rings is 1. The van der Waals surface area contributed by atoms with Crippen molar-refractivity contribution in [3.63, 3.8) is 0 Å². The van der Waals surface area contributed by atoms with Gasteiger partial charge < -0.3 is 0 Å². The van der Waals surface area contributed by atoms with E-state index in [9.17, 15) is 4.39 Å². The predicted molar refractivity (Wildman–Crippen MR) is 47.6 cm³/mol. The van der Waals surface area contributed by atoms with Gasteiger partial charge in [-0.05, 0) is 0 Å². The molecule has 1 aliphatic carbocycles. The Hall–Kier alpha value is -0.292. The fourth-order valence-corrected chi connectivity index (χ4v) is 2.34. The Morgan fingerprint density at radius 2 is 2.17 bits per heavy atom. The Bertz CT molecular complexity index is 281. The first kappa shape index (κ1) is 8.31.